The third-order valence-electron chi connectivity index (χ3n) is 5.56. The molecule has 0 saturated carbocycles. The average Bonchev–Trinajstić information content (AvgIpc) is 2.75. The molecule has 1 heterocycles. The van der Waals surface area contributed by atoms with E-state index in [0.29, 0.717) is 6.54 Å². The molecule has 1 fully saturated rings. The van der Waals surface area contributed by atoms with Crippen LogP contribution < -0.4 is 20.3 Å². The molecule has 7 nitrogen and oxygen atoms in total. The molecule has 0 bridgehead atoms. The molecule has 2 amide bonds. The van der Waals surface area contributed by atoms with E-state index in [9.17, 15) is 9.59 Å². The molecule has 0 radical (unpaired) electrons. The van der Waals surface area contributed by atoms with Gasteiger partial charge in [0.25, 0.3) is 0 Å². The molecule has 0 atom stereocenters. The van der Waals surface area contributed by atoms with Crippen LogP contribution >= 0.6 is 0 Å². The van der Waals surface area contributed by atoms with Gasteiger partial charge in [0.1, 0.15) is 5.75 Å². The number of hydrogen-bond acceptors (Lipinski definition) is 5. The Labute approximate surface area is 184 Å². The highest BCUT2D eigenvalue weighted by molar-refractivity contribution is 5.96. The van der Waals surface area contributed by atoms with Crippen molar-refractivity contribution in [3.05, 3.63) is 53.1 Å². The minimum Gasteiger partial charge on any atom is -0.497 e. The molecule has 0 spiro atoms. The second kappa shape index (κ2) is 10.3. The Kier molecular flexibility index (Phi) is 7.52. The van der Waals surface area contributed by atoms with Crippen LogP contribution in [0.2, 0.25) is 0 Å². The number of methoxy groups -OCH3 is 1. The number of nitrogens with zero attached hydrogens (tertiary/aromatic N) is 2. The van der Waals surface area contributed by atoms with Crippen molar-refractivity contribution in [2.75, 3.05) is 56.6 Å². The third kappa shape index (κ3) is 6.21. The number of nitrogens with one attached hydrogen (secondary N) is 2. The van der Waals surface area contributed by atoms with Crippen molar-refractivity contribution < 1.29 is 14.3 Å². The maximum absolute atomic E-state index is 12.3. The Bertz CT molecular complexity index is 896. The van der Waals surface area contributed by atoms with E-state index in [1.165, 1.54) is 0 Å². The highest BCUT2D eigenvalue weighted by Crippen LogP contribution is 2.22. The number of benzene rings is 2. The average molecular weight is 425 g/mol. The van der Waals surface area contributed by atoms with E-state index in [4.69, 9.17) is 4.74 Å². The number of piperazine rings is 1. The predicted molar refractivity (Wildman–Crippen MR) is 124 cm³/mol. The van der Waals surface area contributed by atoms with Gasteiger partial charge in [-0.15, -0.1) is 0 Å². The fourth-order valence-corrected chi connectivity index (χ4v) is 3.96. The monoisotopic (exact) mass is 424 g/mol. The summed E-state index contributed by atoms with van der Waals surface area (Å²) >= 11 is 0. The molecule has 166 valence electrons. The summed E-state index contributed by atoms with van der Waals surface area (Å²) in [6.07, 6.45) is 0. The van der Waals surface area contributed by atoms with Crippen LogP contribution in [0.25, 0.3) is 0 Å². The van der Waals surface area contributed by atoms with Crippen LogP contribution in [0, 0.1) is 20.8 Å². The zero-order valence-electron chi connectivity index (χ0n) is 18.8. The van der Waals surface area contributed by atoms with Crippen LogP contribution in [0.5, 0.6) is 5.75 Å². The Morgan fingerprint density at radius 2 is 1.55 bits per heavy atom. The van der Waals surface area contributed by atoms with Gasteiger partial charge in [-0.25, -0.2) is 0 Å². The lowest BCUT2D eigenvalue weighted by atomic mass is 10.1. The largest absolute Gasteiger partial charge is 0.497 e. The molecule has 2 aromatic rings. The fourth-order valence-electron chi connectivity index (χ4n) is 3.96. The second-order valence-corrected chi connectivity index (χ2v) is 8.06. The zero-order valence-corrected chi connectivity index (χ0v) is 18.8. The van der Waals surface area contributed by atoms with E-state index in [0.717, 1.165) is 60.0 Å². The Hall–Kier alpha value is -3.06. The molecule has 2 N–H and O–H groups in total. The standard InChI is InChI=1S/C24H32N4O3/c1-17-13-18(2)24(19(3)14-17)26-22(29)15-25-23(30)16-27-9-11-28(12-10-27)20-5-7-21(31-4)8-6-20/h5-8,13-14H,9-12,15-16H2,1-4H3,(H,25,30)(H,26,29). The van der Waals surface area contributed by atoms with Gasteiger partial charge in [-0.3, -0.25) is 14.5 Å². The molecule has 0 aliphatic carbocycles. The zero-order chi connectivity index (χ0) is 22.4. The Morgan fingerprint density at radius 1 is 0.935 bits per heavy atom. The topological polar surface area (TPSA) is 73.9 Å². The van der Waals surface area contributed by atoms with Crippen molar-refractivity contribution in [1.29, 1.82) is 0 Å². The summed E-state index contributed by atoms with van der Waals surface area (Å²) in [7, 11) is 1.66. The molecule has 0 unspecified atom stereocenters. The van der Waals surface area contributed by atoms with Crippen LogP contribution in [0.3, 0.4) is 0 Å². The third-order valence-corrected chi connectivity index (χ3v) is 5.56. The summed E-state index contributed by atoms with van der Waals surface area (Å²) in [4.78, 5) is 29.0. The Morgan fingerprint density at radius 3 is 2.13 bits per heavy atom. The molecule has 1 saturated heterocycles. The number of rotatable bonds is 7. The number of carbonyl (C=O) groups excluding carboxylic acids is 2. The van der Waals surface area contributed by atoms with Gasteiger partial charge >= 0.3 is 0 Å². The molecule has 31 heavy (non-hydrogen) atoms. The van der Waals surface area contributed by atoms with Crippen LogP contribution in [-0.2, 0) is 9.59 Å². The lowest BCUT2D eigenvalue weighted by molar-refractivity contribution is -0.125. The summed E-state index contributed by atoms with van der Waals surface area (Å²) in [6.45, 7) is 9.55. The van der Waals surface area contributed by atoms with Gasteiger partial charge in [0.05, 0.1) is 20.2 Å². The van der Waals surface area contributed by atoms with Gasteiger partial charge in [0.15, 0.2) is 0 Å². The lowest BCUT2D eigenvalue weighted by Gasteiger charge is -2.35. The number of amides is 2. The molecular formula is C24H32N4O3. The number of anilines is 2. The van der Waals surface area contributed by atoms with Crippen molar-refractivity contribution in [1.82, 2.24) is 10.2 Å². The van der Waals surface area contributed by atoms with Crippen molar-refractivity contribution >= 4 is 23.2 Å². The molecule has 0 aromatic heterocycles. The Balaban J connectivity index is 1.41. The molecular weight excluding hydrogens is 392 g/mol. The van der Waals surface area contributed by atoms with Crippen molar-refractivity contribution in [2.45, 2.75) is 20.8 Å². The summed E-state index contributed by atoms with van der Waals surface area (Å²) in [5.74, 6) is 0.494. The van der Waals surface area contributed by atoms with Crippen molar-refractivity contribution in [2.24, 2.45) is 0 Å². The van der Waals surface area contributed by atoms with Gasteiger partial charge in [-0.05, 0) is 56.2 Å². The second-order valence-electron chi connectivity index (χ2n) is 8.06. The van der Waals surface area contributed by atoms with E-state index in [1.54, 1.807) is 7.11 Å². The van der Waals surface area contributed by atoms with Gasteiger partial charge in [-0.2, -0.15) is 0 Å². The first-order valence-electron chi connectivity index (χ1n) is 10.6. The van der Waals surface area contributed by atoms with Crippen LogP contribution in [0.15, 0.2) is 36.4 Å². The summed E-state index contributed by atoms with van der Waals surface area (Å²) in [5.41, 5.74) is 5.18. The van der Waals surface area contributed by atoms with Gasteiger partial charge in [-0.1, -0.05) is 17.7 Å². The molecule has 7 heteroatoms. The number of hydrogen-bond donors (Lipinski definition) is 2. The van der Waals surface area contributed by atoms with Gasteiger partial charge in [0.2, 0.25) is 11.8 Å². The number of carbonyl (C=O) groups is 2. The first-order valence-corrected chi connectivity index (χ1v) is 10.6. The maximum atomic E-state index is 12.3. The smallest absolute Gasteiger partial charge is 0.243 e. The van der Waals surface area contributed by atoms with E-state index in [2.05, 4.69) is 32.6 Å². The number of ether oxygens (including phenoxy) is 1. The first-order chi connectivity index (χ1) is 14.9. The summed E-state index contributed by atoms with van der Waals surface area (Å²) < 4.78 is 5.21. The first kappa shape index (κ1) is 22.6. The highest BCUT2D eigenvalue weighted by Gasteiger charge is 2.19. The minimum absolute atomic E-state index is 0.0304. The predicted octanol–water partition coefficient (Wildman–Crippen LogP) is 2.50. The highest BCUT2D eigenvalue weighted by atomic mass is 16.5. The van der Waals surface area contributed by atoms with Crippen molar-refractivity contribution in [3.63, 3.8) is 0 Å². The molecule has 2 aromatic carbocycles. The van der Waals surface area contributed by atoms with E-state index in [1.807, 2.05) is 45.0 Å². The maximum Gasteiger partial charge on any atom is 0.243 e. The SMILES string of the molecule is COc1ccc(N2CCN(CC(=O)NCC(=O)Nc3c(C)cc(C)cc3C)CC2)cc1. The van der Waals surface area contributed by atoms with Crippen LogP contribution in [-0.4, -0.2) is 63.1 Å². The molecule has 1 aliphatic rings. The fraction of sp³-hybridized carbons (Fsp3) is 0.417. The lowest BCUT2D eigenvalue weighted by Crippen LogP contribution is -2.50. The molecule has 1 aliphatic heterocycles. The van der Waals surface area contributed by atoms with Crippen LogP contribution in [0.4, 0.5) is 11.4 Å². The summed E-state index contributed by atoms with van der Waals surface area (Å²) in [6, 6.07) is 12.1. The van der Waals surface area contributed by atoms with Gasteiger partial charge < -0.3 is 20.3 Å². The van der Waals surface area contributed by atoms with Crippen molar-refractivity contribution in [3.8, 4) is 5.75 Å². The van der Waals surface area contributed by atoms with Gasteiger partial charge in [0, 0.05) is 37.6 Å². The minimum atomic E-state index is -0.215. The van der Waals surface area contributed by atoms with Crippen LogP contribution in [0.1, 0.15) is 16.7 Å². The van der Waals surface area contributed by atoms with E-state index in [-0.39, 0.29) is 18.4 Å². The summed E-state index contributed by atoms with van der Waals surface area (Å²) in [5, 5.41) is 5.65. The normalized spacial score (nSPS) is 14.3. The van der Waals surface area contributed by atoms with E-state index < -0.39 is 0 Å². The van der Waals surface area contributed by atoms with E-state index >= 15 is 0 Å². The number of aryl methyl sites for hydroxylation is 3. The molecule has 3 rings (SSSR count). The quantitative estimate of drug-likeness (QED) is 0.715.